The molecule has 124 valence electrons. The Labute approximate surface area is 139 Å². The maximum atomic E-state index is 12.3. The Morgan fingerprint density at radius 3 is 2.39 bits per heavy atom. The lowest BCUT2D eigenvalue weighted by Gasteiger charge is -2.32. The summed E-state index contributed by atoms with van der Waals surface area (Å²) in [7, 11) is 0. The van der Waals surface area contributed by atoms with Gasteiger partial charge in [0.25, 0.3) is 0 Å². The summed E-state index contributed by atoms with van der Waals surface area (Å²) in [5.41, 5.74) is 1.92. The molecular weight excluding hydrogens is 286 g/mol. The highest BCUT2D eigenvalue weighted by Gasteiger charge is 2.26. The van der Waals surface area contributed by atoms with Crippen molar-refractivity contribution in [3.8, 4) is 6.07 Å². The Morgan fingerprint density at radius 1 is 1.26 bits per heavy atom. The zero-order valence-electron chi connectivity index (χ0n) is 14.4. The fourth-order valence-corrected chi connectivity index (χ4v) is 2.81. The van der Waals surface area contributed by atoms with Gasteiger partial charge in [-0.1, -0.05) is 26.0 Å². The van der Waals surface area contributed by atoms with E-state index < -0.39 is 0 Å². The molecule has 1 aromatic carbocycles. The largest absolute Gasteiger partial charge is 0.353 e. The normalized spacial score (nSPS) is 17.7. The van der Waals surface area contributed by atoms with Crippen LogP contribution >= 0.6 is 0 Å². The van der Waals surface area contributed by atoms with Crippen LogP contribution in [0.3, 0.4) is 0 Å². The number of nitriles is 1. The quantitative estimate of drug-likeness (QED) is 0.909. The number of amides is 1. The van der Waals surface area contributed by atoms with Crippen LogP contribution in [0.5, 0.6) is 0 Å². The van der Waals surface area contributed by atoms with Gasteiger partial charge >= 0.3 is 0 Å². The Bertz CT molecular complexity index is 551. The molecule has 1 fully saturated rings. The van der Waals surface area contributed by atoms with Crippen molar-refractivity contribution in [1.29, 1.82) is 5.26 Å². The van der Waals surface area contributed by atoms with E-state index in [9.17, 15) is 4.79 Å². The summed E-state index contributed by atoms with van der Waals surface area (Å²) >= 11 is 0. The highest BCUT2D eigenvalue weighted by molar-refractivity contribution is 5.79. The van der Waals surface area contributed by atoms with E-state index in [4.69, 9.17) is 5.26 Å². The third kappa shape index (κ3) is 5.07. The average Bonchev–Trinajstić information content (AvgIpc) is 2.56. The van der Waals surface area contributed by atoms with Gasteiger partial charge in [-0.05, 0) is 56.5 Å². The molecule has 2 rings (SSSR count). The van der Waals surface area contributed by atoms with Crippen LogP contribution in [0.2, 0.25) is 0 Å². The monoisotopic (exact) mass is 313 g/mol. The van der Waals surface area contributed by atoms with Crippen LogP contribution < -0.4 is 5.32 Å². The van der Waals surface area contributed by atoms with E-state index in [1.807, 2.05) is 24.3 Å². The molecule has 0 aromatic heterocycles. The molecule has 1 aliphatic rings. The maximum absolute atomic E-state index is 12.3. The summed E-state index contributed by atoms with van der Waals surface area (Å²) in [5, 5.41) is 12.0. The topological polar surface area (TPSA) is 56.1 Å². The third-order valence-electron chi connectivity index (χ3n) is 4.82. The minimum absolute atomic E-state index is 0.147. The third-order valence-corrected chi connectivity index (χ3v) is 4.82. The van der Waals surface area contributed by atoms with Gasteiger partial charge in [0, 0.05) is 18.5 Å². The Kier molecular flexibility index (Phi) is 6.18. The van der Waals surface area contributed by atoms with Crippen molar-refractivity contribution in [3.63, 3.8) is 0 Å². The van der Waals surface area contributed by atoms with Crippen molar-refractivity contribution < 1.29 is 4.79 Å². The lowest BCUT2D eigenvalue weighted by atomic mass is 9.94. The van der Waals surface area contributed by atoms with Crippen LogP contribution in [0.15, 0.2) is 24.3 Å². The van der Waals surface area contributed by atoms with E-state index in [0.29, 0.717) is 11.5 Å². The zero-order chi connectivity index (χ0) is 16.8. The van der Waals surface area contributed by atoms with Crippen LogP contribution in [0, 0.1) is 23.2 Å². The summed E-state index contributed by atoms with van der Waals surface area (Å²) in [6.07, 6.45) is 1.85. The molecule has 0 saturated carbocycles. The van der Waals surface area contributed by atoms with E-state index in [0.717, 1.165) is 32.5 Å². The van der Waals surface area contributed by atoms with E-state index in [-0.39, 0.29) is 17.9 Å². The van der Waals surface area contributed by atoms with Crippen molar-refractivity contribution in [2.45, 2.75) is 46.2 Å². The molecule has 4 heteroatoms. The molecule has 0 aliphatic carbocycles. The van der Waals surface area contributed by atoms with Gasteiger partial charge in [-0.25, -0.2) is 0 Å². The number of carbonyl (C=O) groups excluding carboxylic acids is 1. The number of nitrogens with zero attached hydrogens (tertiary/aromatic N) is 2. The summed E-state index contributed by atoms with van der Waals surface area (Å²) in [6.45, 7) is 9.13. The molecule has 0 radical (unpaired) electrons. The number of nitrogens with one attached hydrogen (secondary N) is 1. The summed E-state index contributed by atoms with van der Waals surface area (Å²) < 4.78 is 0. The highest BCUT2D eigenvalue weighted by atomic mass is 16.1. The molecule has 4 nitrogen and oxygen atoms in total. The second kappa shape index (κ2) is 8.12. The van der Waals surface area contributed by atoms with Gasteiger partial charge in [0.05, 0.1) is 11.6 Å². The molecule has 23 heavy (non-hydrogen) atoms. The number of hydrogen-bond donors (Lipinski definition) is 1. The van der Waals surface area contributed by atoms with Gasteiger partial charge in [-0.3, -0.25) is 9.69 Å². The van der Waals surface area contributed by atoms with Gasteiger partial charge < -0.3 is 5.32 Å². The Balaban J connectivity index is 1.79. The molecular formula is C19H27N3O. The maximum Gasteiger partial charge on any atom is 0.223 e. The molecule has 1 N–H and O–H groups in total. The van der Waals surface area contributed by atoms with Crippen LogP contribution in [-0.2, 0) is 11.3 Å². The first kappa shape index (κ1) is 17.5. The number of likely N-dealkylation sites (tertiary alicyclic amines) is 1. The standard InChI is InChI=1S/C19H27N3O/c1-14(2)15(3)21-19(23)18-8-10-22(11-9-18)13-17-6-4-16(12-20)5-7-17/h4-7,14-15,18H,8-11,13H2,1-3H3,(H,21,23)/t15-/m1/s1. The fourth-order valence-electron chi connectivity index (χ4n) is 2.81. The first-order valence-corrected chi connectivity index (χ1v) is 8.51. The van der Waals surface area contributed by atoms with Crippen molar-refractivity contribution in [2.75, 3.05) is 13.1 Å². The number of hydrogen-bond acceptors (Lipinski definition) is 3. The molecule has 1 heterocycles. The van der Waals surface area contributed by atoms with Crippen LogP contribution in [0.1, 0.15) is 44.7 Å². The van der Waals surface area contributed by atoms with Crippen molar-refractivity contribution in [1.82, 2.24) is 10.2 Å². The minimum Gasteiger partial charge on any atom is -0.353 e. The van der Waals surface area contributed by atoms with Crippen molar-refractivity contribution in [3.05, 3.63) is 35.4 Å². The van der Waals surface area contributed by atoms with Crippen LogP contribution in [0.25, 0.3) is 0 Å². The zero-order valence-corrected chi connectivity index (χ0v) is 14.4. The lowest BCUT2D eigenvalue weighted by Crippen LogP contribution is -2.44. The first-order valence-electron chi connectivity index (χ1n) is 8.51. The van der Waals surface area contributed by atoms with Crippen molar-refractivity contribution in [2.24, 2.45) is 11.8 Å². The molecule has 1 atom stereocenters. The van der Waals surface area contributed by atoms with E-state index in [1.54, 1.807) is 0 Å². The number of benzene rings is 1. The summed E-state index contributed by atoms with van der Waals surface area (Å²) in [5.74, 6) is 0.827. The molecule has 0 bridgehead atoms. The van der Waals surface area contributed by atoms with Gasteiger partial charge in [-0.15, -0.1) is 0 Å². The molecule has 1 aliphatic heterocycles. The highest BCUT2D eigenvalue weighted by Crippen LogP contribution is 2.20. The number of piperidine rings is 1. The molecule has 1 saturated heterocycles. The van der Waals surface area contributed by atoms with Gasteiger partial charge in [0.1, 0.15) is 0 Å². The van der Waals surface area contributed by atoms with E-state index >= 15 is 0 Å². The Hall–Kier alpha value is -1.86. The van der Waals surface area contributed by atoms with Gasteiger partial charge in [0.15, 0.2) is 0 Å². The second-order valence-corrected chi connectivity index (χ2v) is 6.90. The number of rotatable bonds is 5. The predicted molar refractivity (Wildman–Crippen MR) is 91.6 cm³/mol. The fraction of sp³-hybridized carbons (Fsp3) is 0.579. The van der Waals surface area contributed by atoms with E-state index in [1.165, 1.54) is 5.56 Å². The second-order valence-electron chi connectivity index (χ2n) is 6.90. The molecule has 0 unspecified atom stereocenters. The smallest absolute Gasteiger partial charge is 0.223 e. The average molecular weight is 313 g/mol. The molecule has 1 aromatic rings. The predicted octanol–water partition coefficient (Wildman–Crippen LogP) is 2.93. The van der Waals surface area contributed by atoms with E-state index in [2.05, 4.69) is 37.1 Å². The summed E-state index contributed by atoms with van der Waals surface area (Å²) in [4.78, 5) is 14.7. The van der Waals surface area contributed by atoms with Crippen LogP contribution in [0.4, 0.5) is 0 Å². The summed E-state index contributed by atoms with van der Waals surface area (Å²) in [6, 6.07) is 10.1. The molecule has 1 amide bonds. The van der Waals surface area contributed by atoms with Gasteiger partial charge in [0.2, 0.25) is 5.91 Å². The van der Waals surface area contributed by atoms with Gasteiger partial charge in [-0.2, -0.15) is 5.26 Å². The molecule has 0 spiro atoms. The van der Waals surface area contributed by atoms with Crippen LogP contribution in [-0.4, -0.2) is 29.9 Å². The lowest BCUT2D eigenvalue weighted by molar-refractivity contribution is -0.127. The number of carbonyl (C=O) groups is 1. The first-order chi connectivity index (χ1) is 11.0. The Morgan fingerprint density at radius 2 is 1.87 bits per heavy atom. The van der Waals surface area contributed by atoms with Crippen molar-refractivity contribution >= 4 is 5.91 Å². The minimum atomic E-state index is 0.147. The SMILES string of the molecule is CC(C)[C@@H](C)NC(=O)C1CCN(Cc2ccc(C#N)cc2)CC1.